The molecule has 1 heterocycles. The summed E-state index contributed by atoms with van der Waals surface area (Å²) in [6.07, 6.45) is 1.49. The maximum atomic E-state index is 13.1. The van der Waals surface area contributed by atoms with Gasteiger partial charge in [0.2, 0.25) is 5.88 Å². The molecule has 0 spiro atoms. The van der Waals surface area contributed by atoms with Gasteiger partial charge in [-0.3, -0.25) is 9.79 Å². The molecule has 0 radical (unpaired) electrons. The molecule has 0 aliphatic heterocycles. The summed E-state index contributed by atoms with van der Waals surface area (Å²) in [4.78, 5) is 29.4. The number of rotatable bonds is 5. The van der Waals surface area contributed by atoms with Gasteiger partial charge in [-0.1, -0.05) is 41.9 Å². The number of fused-ring (bicyclic) bond motifs is 1. The highest BCUT2D eigenvalue weighted by atomic mass is 35.5. The van der Waals surface area contributed by atoms with Crippen molar-refractivity contribution in [3.8, 4) is 11.6 Å². The van der Waals surface area contributed by atoms with Crippen LogP contribution in [-0.4, -0.2) is 28.5 Å². The van der Waals surface area contributed by atoms with Crippen LogP contribution in [0.3, 0.4) is 0 Å². The van der Waals surface area contributed by atoms with Crippen LogP contribution in [0.2, 0.25) is 5.02 Å². The van der Waals surface area contributed by atoms with E-state index in [0.717, 1.165) is 0 Å². The van der Waals surface area contributed by atoms with Crippen molar-refractivity contribution in [1.29, 1.82) is 0 Å². The molecular formula is C25H19ClN2O4. The van der Waals surface area contributed by atoms with E-state index in [-0.39, 0.29) is 11.4 Å². The summed E-state index contributed by atoms with van der Waals surface area (Å²) in [6.45, 7) is 2.04. The number of aromatic hydroxyl groups is 1. The molecule has 7 heteroatoms. The second-order valence-corrected chi connectivity index (χ2v) is 7.31. The minimum Gasteiger partial charge on any atom is -0.494 e. The SMILES string of the molecule is CCOC(=O)c1ccc(N=Cc2c(O)n(-c3ccccc3Cl)c(=O)c3ccccc23)cc1. The number of ether oxygens (including phenoxy) is 1. The van der Waals surface area contributed by atoms with Gasteiger partial charge in [-0.15, -0.1) is 0 Å². The maximum absolute atomic E-state index is 13.1. The third kappa shape index (κ3) is 4.00. The van der Waals surface area contributed by atoms with Gasteiger partial charge >= 0.3 is 5.97 Å². The van der Waals surface area contributed by atoms with Gasteiger partial charge in [0.25, 0.3) is 5.56 Å². The summed E-state index contributed by atoms with van der Waals surface area (Å²) >= 11 is 6.30. The van der Waals surface area contributed by atoms with E-state index in [0.29, 0.717) is 44.9 Å². The first-order valence-corrected chi connectivity index (χ1v) is 10.3. The Morgan fingerprint density at radius 3 is 2.38 bits per heavy atom. The summed E-state index contributed by atoms with van der Waals surface area (Å²) in [5.74, 6) is -0.674. The zero-order valence-corrected chi connectivity index (χ0v) is 17.9. The molecular weight excluding hydrogens is 428 g/mol. The summed E-state index contributed by atoms with van der Waals surface area (Å²) in [6, 6.07) is 20.4. The van der Waals surface area contributed by atoms with Gasteiger partial charge in [0.1, 0.15) is 0 Å². The molecule has 0 aliphatic rings. The number of hydrogen-bond acceptors (Lipinski definition) is 5. The van der Waals surface area contributed by atoms with Crippen LogP contribution in [0, 0.1) is 0 Å². The molecule has 0 bridgehead atoms. The Hall–Kier alpha value is -3.90. The predicted molar refractivity (Wildman–Crippen MR) is 126 cm³/mol. The van der Waals surface area contributed by atoms with E-state index in [4.69, 9.17) is 16.3 Å². The zero-order valence-electron chi connectivity index (χ0n) is 17.2. The Kier molecular flexibility index (Phi) is 6.05. The van der Waals surface area contributed by atoms with Crippen LogP contribution in [0.1, 0.15) is 22.8 Å². The van der Waals surface area contributed by atoms with Crippen LogP contribution in [0.15, 0.2) is 82.6 Å². The first-order chi connectivity index (χ1) is 15.5. The molecule has 0 saturated heterocycles. The van der Waals surface area contributed by atoms with Gasteiger partial charge in [-0.25, -0.2) is 9.36 Å². The standard InChI is InChI=1S/C25H19ClN2O4/c1-2-32-25(31)16-11-13-17(14-12-16)27-15-20-18-7-3-4-8-19(18)23(29)28(24(20)30)22-10-6-5-9-21(22)26/h3-15,30H,2H2,1H3. The van der Waals surface area contributed by atoms with Crippen LogP contribution >= 0.6 is 11.6 Å². The number of halogens is 1. The maximum Gasteiger partial charge on any atom is 0.338 e. The smallest absolute Gasteiger partial charge is 0.338 e. The Balaban J connectivity index is 1.83. The molecule has 4 aromatic rings. The van der Waals surface area contributed by atoms with Gasteiger partial charge in [0.15, 0.2) is 0 Å². The average molecular weight is 447 g/mol. The fraction of sp³-hybridized carbons (Fsp3) is 0.0800. The summed E-state index contributed by atoms with van der Waals surface area (Å²) < 4.78 is 6.16. The van der Waals surface area contributed by atoms with Crippen LogP contribution in [0.25, 0.3) is 16.5 Å². The first-order valence-electron chi connectivity index (χ1n) is 9.94. The summed E-state index contributed by atoms with van der Waals surface area (Å²) in [5.41, 5.74) is 1.34. The molecule has 160 valence electrons. The molecule has 0 aliphatic carbocycles. The summed E-state index contributed by atoms with van der Waals surface area (Å²) in [7, 11) is 0. The quantitative estimate of drug-likeness (QED) is 0.334. The van der Waals surface area contributed by atoms with E-state index in [1.807, 2.05) is 0 Å². The fourth-order valence-corrected chi connectivity index (χ4v) is 3.60. The summed E-state index contributed by atoms with van der Waals surface area (Å²) in [5, 5.41) is 12.4. The lowest BCUT2D eigenvalue weighted by Crippen LogP contribution is -2.20. The highest BCUT2D eigenvalue weighted by Gasteiger charge is 2.17. The second kappa shape index (κ2) is 9.08. The van der Waals surface area contributed by atoms with Crippen LogP contribution in [0.4, 0.5) is 5.69 Å². The lowest BCUT2D eigenvalue weighted by molar-refractivity contribution is 0.0526. The second-order valence-electron chi connectivity index (χ2n) is 6.90. The Morgan fingerprint density at radius 2 is 1.69 bits per heavy atom. The first kappa shape index (κ1) is 21.3. The van der Waals surface area contributed by atoms with Crippen molar-refractivity contribution in [2.45, 2.75) is 6.92 Å². The normalized spacial score (nSPS) is 11.2. The topological polar surface area (TPSA) is 80.9 Å². The molecule has 6 nitrogen and oxygen atoms in total. The van der Waals surface area contributed by atoms with E-state index in [2.05, 4.69) is 4.99 Å². The minimum absolute atomic E-state index is 0.270. The molecule has 32 heavy (non-hydrogen) atoms. The highest BCUT2D eigenvalue weighted by Crippen LogP contribution is 2.29. The highest BCUT2D eigenvalue weighted by molar-refractivity contribution is 6.32. The van der Waals surface area contributed by atoms with Gasteiger partial charge < -0.3 is 9.84 Å². The average Bonchev–Trinajstić information content (AvgIpc) is 2.81. The van der Waals surface area contributed by atoms with E-state index in [1.54, 1.807) is 79.7 Å². The predicted octanol–water partition coefficient (Wildman–Crippen LogP) is 5.28. The van der Waals surface area contributed by atoms with Crippen LogP contribution in [0.5, 0.6) is 5.88 Å². The fourth-order valence-electron chi connectivity index (χ4n) is 3.38. The molecule has 0 fully saturated rings. The number of para-hydroxylation sites is 1. The van der Waals surface area contributed by atoms with E-state index in [1.165, 1.54) is 10.8 Å². The van der Waals surface area contributed by atoms with Gasteiger partial charge in [-0.05, 0) is 49.4 Å². The third-order valence-electron chi connectivity index (χ3n) is 4.92. The molecule has 3 aromatic carbocycles. The van der Waals surface area contributed by atoms with Crippen molar-refractivity contribution in [2.24, 2.45) is 4.99 Å². The third-order valence-corrected chi connectivity index (χ3v) is 5.24. The minimum atomic E-state index is -0.404. The van der Waals surface area contributed by atoms with Gasteiger partial charge in [-0.2, -0.15) is 0 Å². The zero-order chi connectivity index (χ0) is 22.7. The number of esters is 1. The number of pyridine rings is 1. The van der Waals surface area contributed by atoms with Gasteiger partial charge in [0.05, 0.1) is 34.1 Å². The molecule has 0 amide bonds. The van der Waals surface area contributed by atoms with Crippen molar-refractivity contribution in [3.63, 3.8) is 0 Å². The number of carbonyl (C=O) groups excluding carboxylic acids is 1. The lowest BCUT2D eigenvalue weighted by atomic mass is 10.1. The Labute approximate surface area is 189 Å². The van der Waals surface area contributed by atoms with E-state index >= 15 is 0 Å². The number of hydrogen-bond donors (Lipinski definition) is 1. The van der Waals surface area contributed by atoms with E-state index < -0.39 is 5.97 Å². The van der Waals surface area contributed by atoms with Crippen molar-refractivity contribution < 1.29 is 14.6 Å². The molecule has 0 unspecified atom stereocenters. The monoisotopic (exact) mass is 446 g/mol. The molecule has 1 aromatic heterocycles. The largest absolute Gasteiger partial charge is 0.494 e. The van der Waals surface area contributed by atoms with E-state index in [9.17, 15) is 14.7 Å². The number of aromatic nitrogens is 1. The van der Waals surface area contributed by atoms with Crippen molar-refractivity contribution in [3.05, 3.63) is 99.3 Å². The molecule has 0 atom stereocenters. The van der Waals surface area contributed by atoms with Crippen molar-refractivity contribution >= 4 is 40.2 Å². The number of carbonyl (C=O) groups is 1. The molecule has 1 N–H and O–H groups in total. The number of benzene rings is 3. The van der Waals surface area contributed by atoms with Crippen LogP contribution in [-0.2, 0) is 4.74 Å². The number of aliphatic imine (C=N–C) groups is 1. The number of nitrogens with zero attached hydrogens (tertiary/aromatic N) is 2. The van der Waals surface area contributed by atoms with Crippen LogP contribution < -0.4 is 5.56 Å². The Morgan fingerprint density at radius 1 is 1.03 bits per heavy atom. The van der Waals surface area contributed by atoms with Crippen molar-refractivity contribution in [1.82, 2.24) is 4.57 Å². The Bertz CT molecular complexity index is 1390. The van der Waals surface area contributed by atoms with Crippen molar-refractivity contribution in [2.75, 3.05) is 6.61 Å². The molecule has 0 saturated carbocycles. The molecule has 4 rings (SSSR count). The lowest BCUT2D eigenvalue weighted by Gasteiger charge is -2.14. The van der Waals surface area contributed by atoms with Gasteiger partial charge in [0, 0.05) is 17.0 Å².